The number of hydrogen-bond acceptors (Lipinski definition) is 5. The number of ether oxygens (including phenoxy) is 3. The fraction of sp³-hybridized carbons (Fsp3) is 0.286. The number of hydrogen-bond donors (Lipinski definition) is 0. The van der Waals surface area contributed by atoms with E-state index in [2.05, 4.69) is 17.6 Å². The molecule has 7 heteroatoms. The van der Waals surface area contributed by atoms with Crippen molar-refractivity contribution in [2.45, 2.75) is 25.8 Å². The molecule has 1 atom stereocenters. The van der Waals surface area contributed by atoms with Crippen LogP contribution in [-0.4, -0.2) is 42.8 Å². The smallest absolute Gasteiger partial charge is 0.227 e. The third kappa shape index (κ3) is 4.54. The molecule has 0 spiro atoms. The third-order valence-corrected chi connectivity index (χ3v) is 6.46. The van der Waals surface area contributed by atoms with E-state index in [9.17, 15) is 4.79 Å². The van der Waals surface area contributed by atoms with E-state index in [0.29, 0.717) is 43.3 Å². The van der Waals surface area contributed by atoms with Crippen LogP contribution < -0.4 is 19.1 Å². The molecule has 4 aromatic rings. The van der Waals surface area contributed by atoms with Crippen LogP contribution in [0.25, 0.3) is 11.0 Å². The Labute approximate surface area is 204 Å². The van der Waals surface area contributed by atoms with E-state index in [-0.39, 0.29) is 11.8 Å². The summed E-state index contributed by atoms with van der Waals surface area (Å²) < 4.78 is 19.1. The lowest BCUT2D eigenvalue weighted by Crippen LogP contribution is -2.25. The highest BCUT2D eigenvalue weighted by Crippen LogP contribution is 2.39. The van der Waals surface area contributed by atoms with Crippen molar-refractivity contribution >= 4 is 22.6 Å². The molecular weight excluding hydrogens is 442 g/mol. The molecule has 1 amide bonds. The van der Waals surface area contributed by atoms with Gasteiger partial charge in [0.15, 0.2) is 0 Å². The average molecular weight is 472 g/mol. The molecule has 0 aliphatic carbocycles. The van der Waals surface area contributed by atoms with Crippen molar-refractivity contribution in [3.05, 3.63) is 78.1 Å². The van der Waals surface area contributed by atoms with Gasteiger partial charge in [-0.25, -0.2) is 4.98 Å². The molecule has 0 N–H and O–H groups in total. The lowest BCUT2D eigenvalue weighted by atomic mass is 10.1. The Morgan fingerprint density at radius 1 is 0.971 bits per heavy atom. The summed E-state index contributed by atoms with van der Waals surface area (Å²) in [5.41, 5.74) is 3.87. The van der Waals surface area contributed by atoms with Crippen molar-refractivity contribution in [3.63, 3.8) is 0 Å². The molecular formula is C28H29N3O4. The maximum absolute atomic E-state index is 13.1. The Morgan fingerprint density at radius 2 is 1.74 bits per heavy atom. The van der Waals surface area contributed by atoms with Crippen LogP contribution in [0.5, 0.6) is 17.2 Å². The van der Waals surface area contributed by atoms with E-state index >= 15 is 0 Å². The number of benzene rings is 3. The first-order chi connectivity index (χ1) is 17.1. The van der Waals surface area contributed by atoms with Crippen LogP contribution in [-0.2, 0) is 11.3 Å². The second-order valence-electron chi connectivity index (χ2n) is 8.72. The van der Waals surface area contributed by atoms with Gasteiger partial charge >= 0.3 is 0 Å². The van der Waals surface area contributed by atoms with Crippen molar-refractivity contribution in [1.82, 2.24) is 9.55 Å². The van der Waals surface area contributed by atoms with E-state index in [4.69, 9.17) is 19.2 Å². The molecule has 180 valence electrons. The maximum atomic E-state index is 13.1. The van der Waals surface area contributed by atoms with Crippen LogP contribution in [0.4, 0.5) is 5.69 Å². The highest BCUT2D eigenvalue weighted by Gasteiger charge is 2.36. The summed E-state index contributed by atoms with van der Waals surface area (Å²) >= 11 is 0. The van der Waals surface area contributed by atoms with Crippen molar-refractivity contribution in [2.75, 3.05) is 32.3 Å². The second kappa shape index (κ2) is 9.70. The molecule has 3 aromatic carbocycles. The first kappa shape index (κ1) is 22.8. The molecule has 7 nitrogen and oxygen atoms in total. The van der Waals surface area contributed by atoms with Gasteiger partial charge in [-0.2, -0.15) is 0 Å². The number of fused-ring (bicyclic) bond motifs is 1. The monoisotopic (exact) mass is 471 g/mol. The van der Waals surface area contributed by atoms with E-state index in [0.717, 1.165) is 22.6 Å². The average Bonchev–Trinajstić information content (AvgIpc) is 3.45. The number of carbonyl (C=O) groups excluding carboxylic acids is 1. The standard InChI is InChI=1S/C28H29N3O4/c1-19-8-10-21(11-9-19)35-15-14-30-24-7-5-4-6-23(24)29-28(30)20-16-27(32)31(18-20)25-17-22(33-2)12-13-26(25)34-3/h4-13,17,20H,14-16,18H2,1-3H3. The predicted molar refractivity (Wildman–Crippen MR) is 136 cm³/mol. The molecule has 35 heavy (non-hydrogen) atoms. The lowest BCUT2D eigenvalue weighted by Gasteiger charge is -2.20. The van der Waals surface area contributed by atoms with E-state index in [1.165, 1.54) is 5.56 Å². The quantitative estimate of drug-likeness (QED) is 0.363. The van der Waals surface area contributed by atoms with Crippen LogP contribution in [0.2, 0.25) is 0 Å². The molecule has 0 radical (unpaired) electrons. The number of aryl methyl sites for hydroxylation is 1. The number of imidazole rings is 1. The van der Waals surface area contributed by atoms with Gasteiger partial charge in [-0.1, -0.05) is 29.8 Å². The third-order valence-electron chi connectivity index (χ3n) is 6.46. The van der Waals surface area contributed by atoms with Gasteiger partial charge in [0.2, 0.25) is 5.91 Å². The molecule has 5 rings (SSSR count). The molecule has 1 aliphatic rings. The van der Waals surface area contributed by atoms with Crippen LogP contribution >= 0.6 is 0 Å². The number of methoxy groups -OCH3 is 2. The number of carbonyl (C=O) groups is 1. The summed E-state index contributed by atoms with van der Waals surface area (Å²) in [5, 5.41) is 0. The molecule has 0 bridgehead atoms. The number of rotatable bonds is 8. The summed E-state index contributed by atoms with van der Waals surface area (Å²) in [6.07, 6.45) is 0.377. The van der Waals surface area contributed by atoms with Crippen LogP contribution in [0.3, 0.4) is 0 Å². The topological polar surface area (TPSA) is 65.8 Å². The van der Waals surface area contributed by atoms with Crippen LogP contribution in [0, 0.1) is 6.92 Å². The molecule has 2 heterocycles. The van der Waals surface area contributed by atoms with E-state index < -0.39 is 0 Å². The fourth-order valence-electron chi connectivity index (χ4n) is 4.65. The number of aromatic nitrogens is 2. The maximum Gasteiger partial charge on any atom is 0.227 e. The highest BCUT2D eigenvalue weighted by molar-refractivity contribution is 5.98. The minimum atomic E-state index is -0.0508. The second-order valence-corrected chi connectivity index (χ2v) is 8.72. The molecule has 1 aliphatic heterocycles. The molecule has 1 saturated heterocycles. The summed E-state index contributed by atoms with van der Waals surface area (Å²) in [4.78, 5) is 19.9. The summed E-state index contributed by atoms with van der Waals surface area (Å²) in [6.45, 7) is 3.72. The van der Waals surface area contributed by atoms with Gasteiger partial charge in [0.1, 0.15) is 29.7 Å². The van der Waals surface area contributed by atoms with Crippen molar-refractivity contribution in [1.29, 1.82) is 0 Å². The van der Waals surface area contributed by atoms with E-state index in [1.807, 2.05) is 60.7 Å². The SMILES string of the molecule is COc1ccc(OC)c(N2CC(c3nc4ccccc4n3CCOc3ccc(C)cc3)CC2=O)c1. The van der Waals surface area contributed by atoms with Gasteiger partial charge in [0.05, 0.1) is 37.5 Å². The zero-order valence-corrected chi connectivity index (χ0v) is 20.2. The van der Waals surface area contributed by atoms with Gasteiger partial charge in [-0.3, -0.25) is 4.79 Å². The first-order valence-electron chi connectivity index (χ1n) is 11.7. The Bertz CT molecular complexity index is 1350. The number of nitrogens with zero attached hydrogens (tertiary/aromatic N) is 3. The Kier molecular flexibility index (Phi) is 6.31. The van der Waals surface area contributed by atoms with Crippen LogP contribution in [0.15, 0.2) is 66.7 Å². The molecule has 1 aromatic heterocycles. The lowest BCUT2D eigenvalue weighted by molar-refractivity contribution is -0.117. The first-order valence-corrected chi connectivity index (χ1v) is 11.7. The summed E-state index contributed by atoms with van der Waals surface area (Å²) in [5.74, 6) is 3.05. The normalized spacial score (nSPS) is 15.6. The zero-order chi connectivity index (χ0) is 24.4. The predicted octanol–water partition coefficient (Wildman–Crippen LogP) is 4.96. The highest BCUT2D eigenvalue weighted by atomic mass is 16.5. The van der Waals surface area contributed by atoms with Gasteiger partial charge in [0, 0.05) is 24.9 Å². The van der Waals surface area contributed by atoms with Gasteiger partial charge in [0.25, 0.3) is 0 Å². The molecule has 0 saturated carbocycles. The molecule has 1 unspecified atom stereocenters. The van der Waals surface area contributed by atoms with Crippen molar-refractivity contribution in [3.8, 4) is 17.2 Å². The Balaban J connectivity index is 1.42. The van der Waals surface area contributed by atoms with E-state index in [1.54, 1.807) is 19.1 Å². The van der Waals surface area contributed by atoms with Gasteiger partial charge in [-0.05, 0) is 43.3 Å². The van der Waals surface area contributed by atoms with Crippen molar-refractivity contribution in [2.24, 2.45) is 0 Å². The minimum Gasteiger partial charge on any atom is -0.497 e. The molecule has 1 fully saturated rings. The van der Waals surface area contributed by atoms with Gasteiger partial charge in [-0.15, -0.1) is 0 Å². The number of para-hydroxylation sites is 2. The van der Waals surface area contributed by atoms with Crippen LogP contribution in [0.1, 0.15) is 23.7 Å². The fourth-order valence-corrected chi connectivity index (χ4v) is 4.65. The Hall–Kier alpha value is -4.00. The largest absolute Gasteiger partial charge is 0.497 e. The minimum absolute atomic E-state index is 0.0380. The Morgan fingerprint density at radius 3 is 2.51 bits per heavy atom. The zero-order valence-electron chi connectivity index (χ0n) is 20.2. The van der Waals surface area contributed by atoms with Crippen molar-refractivity contribution < 1.29 is 19.0 Å². The van der Waals surface area contributed by atoms with Gasteiger partial charge < -0.3 is 23.7 Å². The number of amides is 1. The number of anilines is 1. The summed E-state index contributed by atoms with van der Waals surface area (Å²) in [7, 11) is 3.22. The summed E-state index contributed by atoms with van der Waals surface area (Å²) in [6, 6.07) is 21.6.